The fourth-order valence-electron chi connectivity index (χ4n) is 0.997. The first-order valence-corrected chi connectivity index (χ1v) is 4.70. The van der Waals surface area contributed by atoms with Gasteiger partial charge in [-0.05, 0) is 23.9 Å². The zero-order valence-corrected chi connectivity index (χ0v) is 8.53. The van der Waals surface area contributed by atoms with Crippen LogP contribution < -0.4 is 0 Å². The van der Waals surface area contributed by atoms with Gasteiger partial charge in [0.15, 0.2) is 0 Å². The second-order valence-corrected chi connectivity index (χ2v) is 4.98. The summed E-state index contributed by atoms with van der Waals surface area (Å²) in [6.07, 6.45) is 0. The molecule has 1 rings (SSSR count). The molecule has 0 radical (unpaired) electrons. The number of hydrogen-bond donors (Lipinski definition) is 0. The van der Waals surface area contributed by atoms with Crippen molar-refractivity contribution in [3.8, 4) is 0 Å². The summed E-state index contributed by atoms with van der Waals surface area (Å²) in [5.74, 6) is 0. The molecule has 0 N–H and O–H groups in total. The molecule has 0 bridgehead atoms. The van der Waals surface area contributed by atoms with E-state index in [9.17, 15) is 0 Å². The van der Waals surface area contributed by atoms with Crippen LogP contribution in [0.5, 0.6) is 0 Å². The minimum atomic E-state index is 1.02. The highest BCUT2D eigenvalue weighted by Crippen LogP contribution is 2.18. The highest BCUT2D eigenvalue weighted by molar-refractivity contribution is 7.10. The smallest absolute Gasteiger partial charge is 0.113 e. The molecular formula is C9H16NS+. The standard InChI is InChI=1S/C9H16NS/c1-8-5-6-11-9(8)7-10(2,3)4/h5-6H,7H2,1-4H3/q+1. The molecule has 0 unspecified atom stereocenters. The molecule has 1 heterocycles. The van der Waals surface area contributed by atoms with Crippen LogP contribution in [0.25, 0.3) is 0 Å². The molecule has 0 fully saturated rings. The van der Waals surface area contributed by atoms with Crippen molar-refractivity contribution < 1.29 is 4.48 Å². The summed E-state index contributed by atoms with van der Waals surface area (Å²) in [5.41, 5.74) is 1.43. The lowest BCUT2D eigenvalue weighted by atomic mass is 10.3. The molecule has 11 heavy (non-hydrogen) atoms. The highest BCUT2D eigenvalue weighted by Gasteiger charge is 2.10. The third kappa shape index (κ3) is 2.64. The predicted molar refractivity (Wildman–Crippen MR) is 50.8 cm³/mol. The second-order valence-electron chi connectivity index (χ2n) is 3.98. The summed E-state index contributed by atoms with van der Waals surface area (Å²) >= 11 is 1.86. The van der Waals surface area contributed by atoms with Gasteiger partial charge in [-0.25, -0.2) is 0 Å². The molecular weight excluding hydrogens is 154 g/mol. The van der Waals surface area contributed by atoms with Crippen molar-refractivity contribution in [3.05, 3.63) is 21.9 Å². The number of rotatable bonds is 2. The summed E-state index contributed by atoms with van der Waals surface area (Å²) in [4.78, 5) is 1.51. The van der Waals surface area contributed by atoms with Crippen LogP contribution in [0.2, 0.25) is 0 Å². The average molecular weight is 170 g/mol. The predicted octanol–water partition coefficient (Wildman–Crippen LogP) is 2.26. The summed E-state index contributed by atoms with van der Waals surface area (Å²) < 4.78 is 1.02. The Morgan fingerprint density at radius 3 is 2.36 bits per heavy atom. The van der Waals surface area contributed by atoms with Gasteiger partial charge in [0.25, 0.3) is 0 Å². The summed E-state index contributed by atoms with van der Waals surface area (Å²) in [6.45, 7) is 3.32. The fourth-order valence-corrected chi connectivity index (χ4v) is 2.15. The molecule has 0 saturated carbocycles. The zero-order chi connectivity index (χ0) is 8.48. The Balaban J connectivity index is 2.72. The van der Waals surface area contributed by atoms with Crippen LogP contribution in [-0.2, 0) is 6.54 Å². The Morgan fingerprint density at radius 2 is 2.00 bits per heavy atom. The Bertz CT molecular complexity index is 232. The molecule has 0 spiro atoms. The third-order valence-corrected chi connectivity index (χ3v) is 2.59. The van der Waals surface area contributed by atoms with Crippen LogP contribution in [-0.4, -0.2) is 25.6 Å². The van der Waals surface area contributed by atoms with Crippen LogP contribution in [0.4, 0.5) is 0 Å². The SMILES string of the molecule is Cc1ccsc1C[N+](C)(C)C. The first-order chi connectivity index (χ1) is 4.99. The van der Waals surface area contributed by atoms with E-state index in [0.29, 0.717) is 0 Å². The summed E-state index contributed by atoms with van der Waals surface area (Å²) in [5, 5.41) is 2.17. The van der Waals surface area contributed by atoms with Gasteiger partial charge in [-0.2, -0.15) is 0 Å². The van der Waals surface area contributed by atoms with Gasteiger partial charge in [0.2, 0.25) is 0 Å². The molecule has 0 atom stereocenters. The van der Waals surface area contributed by atoms with Crippen molar-refractivity contribution in [1.29, 1.82) is 0 Å². The Labute approximate surface area is 72.9 Å². The maximum Gasteiger partial charge on any atom is 0.113 e. The number of hydrogen-bond acceptors (Lipinski definition) is 1. The van der Waals surface area contributed by atoms with E-state index < -0.39 is 0 Å². The molecule has 0 saturated heterocycles. The summed E-state index contributed by atoms with van der Waals surface area (Å²) in [6, 6.07) is 2.19. The first-order valence-electron chi connectivity index (χ1n) is 3.82. The van der Waals surface area contributed by atoms with Crippen LogP contribution in [0.15, 0.2) is 11.4 Å². The summed E-state index contributed by atoms with van der Waals surface area (Å²) in [7, 11) is 6.66. The van der Waals surface area contributed by atoms with E-state index in [1.165, 1.54) is 10.4 Å². The molecule has 0 aromatic carbocycles. The van der Waals surface area contributed by atoms with E-state index in [-0.39, 0.29) is 0 Å². The van der Waals surface area contributed by atoms with Gasteiger partial charge < -0.3 is 4.48 Å². The highest BCUT2D eigenvalue weighted by atomic mass is 32.1. The van der Waals surface area contributed by atoms with Gasteiger partial charge in [0, 0.05) is 0 Å². The lowest BCUT2D eigenvalue weighted by molar-refractivity contribution is -0.883. The topological polar surface area (TPSA) is 0 Å². The van der Waals surface area contributed by atoms with E-state index >= 15 is 0 Å². The van der Waals surface area contributed by atoms with Crippen molar-refractivity contribution in [2.75, 3.05) is 21.1 Å². The molecule has 0 amide bonds. The number of thiophene rings is 1. The molecule has 2 heteroatoms. The molecule has 1 aromatic rings. The molecule has 0 aliphatic heterocycles. The van der Waals surface area contributed by atoms with E-state index in [2.05, 4.69) is 39.5 Å². The molecule has 62 valence electrons. The van der Waals surface area contributed by atoms with Gasteiger partial charge >= 0.3 is 0 Å². The van der Waals surface area contributed by atoms with E-state index in [4.69, 9.17) is 0 Å². The monoisotopic (exact) mass is 170 g/mol. The van der Waals surface area contributed by atoms with Gasteiger partial charge in [-0.3, -0.25) is 0 Å². The number of quaternary nitrogens is 1. The minimum absolute atomic E-state index is 1.02. The average Bonchev–Trinajstić information content (AvgIpc) is 2.12. The molecule has 1 nitrogen and oxygen atoms in total. The molecule has 1 aromatic heterocycles. The van der Waals surface area contributed by atoms with E-state index in [0.717, 1.165) is 11.0 Å². The van der Waals surface area contributed by atoms with Crippen molar-refractivity contribution in [1.82, 2.24) is 0 Å². The van der Waals surface area contributed by atoms with Gasteiger partial charge in [0.05, 0.1) is 26.0 Å². The quantitative estimate of drug-likeness (QED) is 0.597. The fraction of sp³-hybridized carbons (Fsp3) is 0.556. The van der Waals surface area contributed by atoms with Crippen molar-refractivity contribution in [3.63, 3.8) is 0 Å². The van der Waals surface area contributed by atoms with Crippen molar-refractivity contribution >= 4 is 11.3 Å². The lowest BCUT2D eigenvalue weighted by Crippen LogP contribution is -2.33. The second kappa shape index (κ2) is 2.95. The molecule has 0 aliphatic rings. The molecule has 0 aliphatic carbocycles. The van der Waals surface area contributed by atoms with Crippen LogP contribution in [0.1, 0.15) is 10.4 Å². The van der Waals surface area contributed by atoms with Gasteiger partial charge in [-0.15, -0.1) is 11.3 Å². The maximum atomic E-state index is 2.22. The number of aryl methyl sites for hydroxylation is 1. The van der Waals surface area contributed by atoms with E-state index in [1.54, 1.807) is 0 Å². The maximum absolute atomic E-state index is 2.22. The Morgan fingerprint density at radius 1 is 1.36 bits per heavy atom. The van der Waals surface area contributed by atoms with Gasteiger partial charge in [-0.1, -0.05) is 0 Å². The Kier molecular flexibility index (Phi) is 2.35. The van der Waals surface area contributed by atoms with Crippen LogP contribution >= 0.6 is 11.3 Å². The normalized spacial score (nSPS) is 12.0. The third-order valence-electron chi connectivity index (χ3n) is 1.59. The zero-order valence-electron chi connectivity index (χ0n) is 7.72. The van der Waals surface area contributed by atoms with Crippen molar-refractivity contribution in [2.45, 2.75) is 13.5 Å². The lowest BCUT2D eigenvalue weighted by Gasteiger charge is -2.23. The Hall–Kier alpha value is -0.340. The van der Waals surface area contributed by atoms with Crippen molar-refractivity contribution in [2.24, 2.45) is 0 Å². The largest absolute Gasteiger partial charge is 0.326 e. The first kappa shape index (κ1) is 8.75. The van der Waals surface area contributed by atoms with Crippen LogP contribution in [0, 0.1) is 6.92 Å². The van der Waals surface area contributed by atoms with E-state index in [1.807, 2.05) is 11.3 Å². The number of nitrogens with zero attached hydrogens (tertiary/aromatic N) is 1. The van der Waals surface area contributed by atoms with Crippen LogP contribution in [0.3, 0.4) is 0 Å². The van der Waals surface area contributed by atoms with Gasteiger partial charge in [0.1, 0.15) is 6.54 Å². The minimum Gasteiger partial charge on any atom is -0.326 e.